The second-order valence-electron chi connectivity index (χ2n) is 21.2. The summed E-state index contributed by atoms with van der Waals surface area (Å²) in [5.41, 5.74) is 29.5. The third kappa shape index (κ3) is 8.16. The van der Waals surface area contributed by atoms with Crippen molar-refractivity contribution in [1.82, 2.24) is 14.1 Å². The first-order valence-corrected chi connectivity index (χ1v) is 25.7. The van der Waals surface area contributed by atoms with Gasteiger partial charge in [-0.1, -0.05) is 166 Å². The van der Waals surface area contributed by atoms with Crippen molar-refractivity contribution in [2.75, 3.05) is 0 Å². The molecule has 74 heavy (non-hydrogen) atoms. The van der Waals surface area contributed by atoms with Gasteiger partial charge in [-0.05, 0) is 168 Å². The lowest BCUT2D eigenvalue weighted by Crippen LogP contribution is -2.06. The third-order valence-electron chi connectivity index (χ3n) is 14.9. The van der Waals surface area contributed by atoms with E-state index in [0.29, 0.717) is 5.56 Å². The number of rotatable bonds is 7. The SMILES string of the molecule is Cc1cc(C)cc(-c2ccc3c4ccc(-c5cc(C)cc(C)c5)cc4n(-c4cc(C#N)c(-c5cc(C)nc(C)c5)cc4-n4c5cc(-c6cc(C)cc(C)c6)ccc5c5ccc(-c6cc(C)cc(C)c6)cc54)c3c2)c1. The Morgan fingerprint density at radius 3 is 0.865 bits per heavy atom. The molecular weight excluding hydrogens is 897 g/mol. The molecule has 0 N–H and O–H groups in total. The lowest BCUT2D eigenvalue weighted by atomic mass is 9.97. The second-order valence-corrected chi connectivity index (χ2v) is 21.2. The molecule has 0 amide bonds. The molecule has 0 saturated carbocycles. The molecule has 0 spiro atoms. The lowest BCUT2D eigenvalue weighted by molar-refractivity contribution is 1.09. The number of nitriles is 1. The quantitative estimate of drug-likeness (QED) is 0.160. The Kier molecular flexibility index (Phi) is 11.1. The van der Waals surface area contributed by atoms with Crippen LogP contribution >= 0.6 is 0 Å². The summed E-state index contributed by atoms with van der Waals surface area (Å²) in [5, 5.41) is 16.1. The van der Waals surface area contributed by atoms with Crippen molar-refractivity contribution in [1.29, 1.82) is 5.26 Å². The van der Waals surface area contributed by atoms with Crippen molar-refractivity contribution in [3.05, 3.63) is 231 Å². The van der Waals surface area contributed by atoms with E-state index in [0.717, 1.165) is 99.8 Å². The summed E-state index contributed by atoms with van der Waals surface area (Å²) < 4.78 is 4.94. The van der Waals surface area contributed by atoms with Crippen LogP contribution in [0.1, 0.15) is 61.5 Å². The van der Waals surface area contributed by atoms with Crippen LogP contribution in [0.5, 0.6) is 0 Å². The summed E-state index contributed by atoms with van der Waals surface area (Å²) in [6, 6.07) is 66.4. The van der Waals surface area contributed by atoms with Crippen molar-refractivity contribution >= 4 is 43.6 Å². The minimum Gasteiger partial charge on any atom is -0.307 e. The molecule has 0 aliphatic rings. The lowest BCUT2D eigenvalue weighted by Gasteiger charge is -2.20. The Bertz CT molecular complexity index is 4060. The fraction of sp³-hybridized carbons (Fsp3) is 0.143. The van der Waals surface area contributed by atoms with Crippen molar-refractivity contribution in [3.63, 3.8) is 0 Å². The van der Waals surface area contributed by atoms with E-state index in [9.17, 15) is 5.26 Å². The van der Waals surface area contributed by atoms with E-state index in [2.05, 4.69) is 240 Å². The normalized spacial score (nSPS) is 11.6. The largest absolute Gasteiger partial charge is 0.307 e. The van der Waals surface area contributed by atoms with Gasteiger partial charge in [0.05, 0.1) is 45.1 Å². The maximum absolute atomic E-state index is 11.5. The molecule has 9 aromatic carbocycles. The van der Waals surface area contributed by atoms with Gasteiger partial charge in [-0.25, -0.2) is 0 Å². The van der Waals surface area contributed by atoms with Crippen LogP contribution in [0.25, 0.3) is 111 Å². The highest BCUT2D eigenvalue weighted by Crippen LogP contribution is 2.44. The molecule has 3 aromatic heterocycles. The van der Waals surface area contributed by atoms with Gasteiger partial charge >= 0.3 is 0 Å². The Morgan fingerprint density at radius 1 is 0.297 bits per heavy atom. The summed E-state index contributed by atoms with van der Waals surface area (Å²) in [6.07, 6.45) is 0. The molecule has 12 rings (SSSR count). The molecule has 0 saturated heterocycles. The van der Waals surface area contributed by atoms with Gasteiger partial charge < -0.3 is 9.13 Å². The highest BCUT2D eigenvalue weighted by molar-refractivity contribution is 6.14. The minimum absolute atomic E-state index is 0.590. The molecule has 0 bridgehead atoms. The molecule has 3 heterocycles. The van der Waals surface area contributed by atoms with E-state index in [1.54, 1.807) is 0 Å². The fourth-order valence-corrected chi connectivity index (χ4v) is 12.1. The maximum atomic E-state index is 11.5. The Balaban J connectivity index is 1.27. The van der Waals surface area contributed by atoms with Crippen LogP contribution in [-0.4, -0.2) is 14.1 Å². The number of benzene rings is 9. The average Bonchev–Trinajstić information content (AvgIpc) is 3.85. The number of fused-ring (bicyclic) bond motifs is 6. The van der Waals surface area contributed by atoms with Gasteiger partial charge in [-0.15, -0.1) is 0 Å². The monoisotopic (exact) mass is 954 g/mol. The van der Waals surface area contributed by atoms with Crippen LogP contribution in [0.4, 0.5) is 0 Å². The fourth-order valence-electron chi connectivity index (χ4n) is 12.1. The van der Waals surface area contributed by atoms with Gasteiger partial charge in [-0.3, -0.25) is 4.98 Å². The Morgan fingerprint density at radius 2 is 0.581 bits per heavy atom. The predicted octanol–water partition coefficient (Wildman–Crippen LogP) is 18.6. The smallest absolute Gasteiger partial charge is 0.0998 e. The maximum Gasteiger partial charge on any atom is 0.0998 e. The van der Waals surface area contributed by atoms with Crippen LogP contribution < -0.4 is 0 Å². The third-order valence-corrected chi connectivity index (χ3v) is 14.9. The Labute approximate surface area is 434 Å². The summed E-state index contributed by atoms with van der Waals surface area (Å²) in [4.78, 5) is 4.79. The number of aryl methyl sites for hydroxylation is 10. The number of nitrogens with zero attached hydrogens (tertiary/aromatic N) is 4. The zero-order chi connectivity index (χ0) is 51.3. The highest BCUT2D eigenvalue weighted by atomic mass is 15.1. The van der Waals surface area contributed by atoms with E-state index < -0.39 is 0 Å². The average molecular weight is 955 g/mol. The minimum atomic E-state index is 0.590. The van der Waals surface area contributed by atoms with E-state index >= 15 is 0 Å². The van der Waals surface area contributed by atoms with Crippen molar-refractivity contribution in [3.8, 4) is 73.1 Å². The van der Waals surface area contributed by atoms with Crippen LogP contribution in [0.2, 0.25) is 0 Å². The summed E-state index contributed by atoms with van der Waals surface area (Å²) in [7, 11) is 0. The van der Waals surface area contributed by atoms with Crippen molar-refractivity contribution in [2.45, 2.75) is 69.2 Å². The molecule has 0 fully saturated rings. The summed E-state index contributed by atoms with van der Waals surface area (Å²) in [6.45, 7) is 21.5. The van der Waals surface area contributed by atoms with Gasteiger partial charge in [-0.2, -0.15) is 5.26 Å². The Hall–Kier alpha value is -8.78. The number of pyridine rings is 1. The zero-order valence-corrected chi connectivity index (χ0v) is 44.0. The molecule has 0 radical (unpaired) electrons. The van der Waals surface area contributed by atoms with Crippen LogP contribution in [0.15, 0.2) is 170 Å². The van der Waals surface area contributed by atoms with Gasteiger partial charge in [0.25, 0.3) is 0 Å². The van der Waals surface area contributed by atoms with Gasteiger partial charge in [0.15, 0.2) is 0 Å². The molecule has 0 unspecified atom stereocenters. The molecular formula is C70H58N4. The van der Waals surface area contributed by atoms with Gasteiger partial charge in [0, 0.05) is 38.5 Å². The molecule has 0 atom stereocenters. The second kappa shape index (κ2) is 17.8. The van der Waals surface area contributed by atoms with E-state index in [-0.39, 0.29) is 0 Å². The first kappa shape index (κ1) is 46.3. The van der Waals surface area contributed by atoms with Crippen LogP contribution in [0.3, 0.4) is 0 Å². The highest BCUT2D eigenvalue weighted by Gasteiger charge is 2.24. The molecule has 4 nitrogen and oxygen atoms in total. The van der Waals surface area contributed by atoms with Gasteiger partial charge in [0.2, 0.25) is 0 Å². The van der Waals surface area contributed by atoms with E-state index in [1.165, 1.54) is 66.8 Å². The molecule has 358 valence electrons. The van der Waals surface area contributed by atoms with E-state index in [4.69, 9.17) is 4.98 Å². The van der Waals surface area contributed by atoms with E-state index in [1.807, 2.05) is 13.8 Å². The standard InChI is InChI=1S/C70H58N4/c1-40-19-41(2)24-54(23-40)50-11-15-60-61-16-12-51(55-25-42(3)20-43(4)26-55)34-66(61)73(65(60)33-50)69-37-59(39-71)64(58-31-48(9)72-49(10)32-58)38-70(69)74-67-35-52(56-27-44(5)21-45(6)28-56)13-17-62(67)63-18-14-53(36-68(63)74)57-29-46(7)22-47(8)30-57/h11-38H,1-10H3. The number of hydrogen-bond acceptors (Lipinski definition) is 2. The van der Waals surface area contributed by atoms with Crippen molar-refractivity contribution < 1.29 is 0 Å². The predicted molar refractivity (Wildman–Crippen MR) is 312 cm³/mol. The van der Waals surface area contributed by atoms with Gasteiger partial charge in [0.1, 0.15) is 0 Å². The van der Waals surface area contributed by atoms with Crippen molar-refractivity contribution in [2.24, 2.45) is 0 Å². The molecule has 0 aliphatic carbocycles. The first-order chi connectivity index (χ1) is 35.6. The zero-order valence-electron chi connectivity index (χ0n) is 44.0. The summed E-state index contributed by atoms with van der Waals surface area (Å²) in [5.74, 6) is 0. The number of aromatic nitrogens is 3. The van der Waals surface area contributed by atoms with Crippen LogP contribution in [-0.2, 0) is 0 Å². The molecule has 4 heteroatoms. The molecule has 0 aliphatic heterocycles. The number of hydrogen-bond donors (Lipinski definition) is 0. The topological polar surface area (TPSA) is 46.5 Å². The molecule has 12 aromatic rings. The summed E-state index contributed by atoms with van der Waals surface area (Å²) >= 11 is 0. The first-order valence-electron chi connectivity index (χ1n) is 25.7. The van der Waals surface area contributed by atoms with Crippen LogP contribution in [0, 0.1) is 80.6 Å².